The van der Waals surface area contributed by atoms with Crippen LogP contribution >= 0.6 is 15.9 Å². The largest absolute Gasteiger partial charge is 0.481 e. The van der Waals surface area contributed by atoms with Crippen LogP contribution in [0.15, 0.2) is 16.6 Å². The van der Waals surface area contributed by atoms with Gasteiger partial charge in [-0.2, -0.15) is 9.65 Å². The van der Waals surface area contributed by atoms with Crippen LogP contribution < -0.4 is 10.1 Å². The van der Waals surface area contributed by atoms with Crippen molar-refractivity contribution in [3.63, 3.8) is 0 Å². The van der Waals surface area contributed by atoms with Crippen molar-refractivity contribution in [1.82, 2.24) is 5.32 Å². The second kappa shape index (κ2) is 6.91. The number of halogens is 3. The fourth-order valence-electron chi connectivity index (χ4n) is 1.09. The summed E-state index contributed by atoms with van der Waals surface area (Å²) in [5.41, 5.74) is 0. The number of nitrogens with zero attached hydrogens (tertiary/aromatic N) is 1. The van der Waals surface area contributed by atoms with Crippen LogP contribution in [-0.2, 0) is 4.79 Å². The van der Waals surface area contributed by atoms with Crippen LogP contribution in [0, 0.1) is 23.0 Å². The second-order valence-electron chi connectivity index (χ2n) is 3.25. The van der Waals surface area contributed by atoms with E-state index in [2.05, 4.69) is 21.2 Å². The van der Waals surface area contributed by atoms with E-state index in [4.69, 9.17) is 10.00 Å². The number of rotatable bonds is 5. The first-order valence-electron chi connectivity index (χ1n) is 4.95. The molecule has 1 N–H and O–H groups in total. The minimum Gasteiger partial charge on any atom is -0.481 e. The Bertz CT molecular complexity index is 489. The minimum atomic E-state index is -1.15. The normalized spacial score (nSPS) is 9.67. The van der Waals surface area contributed by atoms with Gasteiger partial charge in [-0.05, 0) is 12.1 Å². The first-order valence-corrected chi connectivity index (χ1v) is 5.75. The number of amides is 1. The zero-order chi connectivity index (χ0) is 13.5. The molecule has 0 heterocycles. The molecule has 0 bridgehead atoms. The summed E-state index contributed by atoms with van der Waals surface area (Å²) in [6.45, 7) is -0.258. The van der Waals surface area contributed by atoms with Crippen LogP contribution in [0.3, 0.4) is 0 Å². The minimum absolute atomic E-state index is 0.172. The molecule has 18 heavy (non-hydrogen) atoms. The third-order valence-electron chi connectivity index (χ3n) is 1.88. The van der Waals surface area contributed by atoms with E-state index in [0.29, 0.717) is 4.47 Å². The molecular weight excluding hydrogens is 310 g/mol. The summed E-state index contributed by atoms with van der Waals surface area (Å²) in [5.74, 6) is -3.07. The number of carbonyl (C=O) groups is 1. The van der Waals surface area contributed by atoms with Gasteiger partial charge in [0.2, 0.25) is 5.82 Å². The Kier molecular flexibility index (Phi) is 5.52. The van der Waals surface area contributed by atoms with Gasteiger partial charge in [0.25, 0.3) is 5.91 Å². The van der Waals surface area contributed by atoms with E-state index in [1.165, 1.54) is 6.07 Å². The Labute approximate surface area is 111 Å². The van der Waals surface area contributed by atoms with E-state index in [0.717, 1.165) is 6.07 Å². The third kappa shape index (κ3) is 4.30. The highest BCUT2D eigenvalue weighted by atomic mass is 79.9. The molecule has 0 radical (unpaired) electrons. The molecule has 4 nitrogen and oxygen atoms in total. The molecule has 0 saturated carbocycles. The first kappa shape index (κ1) is 14.4. The summed E-state index contributed by atoms with van der Waals surface area (Å²) in [5, 5.41) is 10.6. The summed E-state index contributed by atoms with van der Waals surface area (Å²) in [4.78, 5) is 11.2. The maximum atomic E-state index is 13.2. The van der Waals surface area contributed by atoms with Gasteiger partial charge in [0.15, 0.2) is 18.2 Å². The molecule has 0 fully saturated rings. The van der Waals surface area contributed by atoms with Gasteiger partial charge < -0.3 is 10.1 Å². The van der Waals surface area contributed by atoms with Crippen molar-refractivity contribution in [3.8, 4) is 11.8 Å². The predicted octanol–water partition coefficient (Wildman–Crippen LogP) is 2.14. The molecule has 1 rings (SSSR count). The van der Waals surface area contributed by atoms with Gasteiger partial charge >= 0.3 is 0 Å². The third-order valence-corrected chi connectivity index (χ3v) is 2.34. The molecule has 96 valence electrons. The maximum absolute atomic E-state index is 13.2. The summed E-state index contributed by atoms with van der Waals surface area (Å²) in [7, 11) is 0. The number of nitriles is 1. The smallest absolute Gasteiger partial charge is 0.257 e. The number of hydrogen-bond donors (Lipinski definition) is 1. The van der Waals surface area contributed by atoms with Crippen LogP contribution in [0.5, 0.6) is 5.75 Å². The summed E-state index contributed by atoms with van der Waals surface area (Å²) >= 11 is 2.98. The lowest BCUT2D eigenvalue weighted by Gasteiger charge is -2.08. The van der Waals surface area contributed by atoms with Crippen molar-refractivity contribution in [2.45, 2.75) is 6.42 Å². The highest BCUT2D eigenvalue weighted by Gasteiger charge is 2.12. The number of nitrogens with one attached hydrogen (secondary N) is 1. The Balaban J connectivity index is 2.54. The number of hydrogen-bond acceptors (Lipinski definition) is 3. The van der Waals surface area contributed by atoms with Crippen molar-refractivity contribution in [3.05, 3.63) is 28.2 Å². The van der Waals surface area contributed by atoms with Crippen molar-refractivity contribution < 1.29 is 18.3 Å². The first-order chi connectivity index (χ1) is 8.54. The Hall–Kier alpha value is -1.68. The Morgan fingerprint density at radius 1 is 1.50 bits per heavy atom. The average molecular weight is 319 g/mol. The predicted molar refractivity (Wildman–Crippen MR) is 62.8 cm³/mol. The number of carbonyl (C=O) groups excluding carboxylic acids is 1. The molecule has 0 spiro atoms. The zero-order valence-electron chi connectivity index (χ0n) is 9.17. The van der Waals surface area contributed by atoms with Crippen molar-refractivity contribution in [1.29, 1.82) is 5.26 Å². The van der Waals surface area contributed by atoms with Crippen LogP contribution in [0.25, 0.3) is 0 Å². The molecule has 0 aromatic heterocycles. The van der Waals surface area contributed by atoms with Gasteiger partial charge in [-0.1, -0.05) is 15.9 Å². The van der Waals surface area contributed by atoms with E-state index in [1.54, 1.807) is 0 Å². The Morgan fingerprint density at radius 3 is 2.89 bits per heavy atom. The van der Waals surface area contributed by atoms with E-state index >= 15 is 0 Å². The molecule has 0 saturated heterocycles. The topological polar surface area (TPSA) is 62.1 Å². The highest BCUT2D eigenvalue weighted by Crippen LogP contribution is 2.25. The van der Waals surface area contributed by atoms with Gasteiger partial charge in [0.1, 0.15) is 0 Å². The van der Waals surface area contributed by atoms with Gasteiger partial charge in [0, 0.05) is 11.0 Å². The van der Waals surface area contributed by atoms with Gasteiger partial charge in [-0.3, -0.25) is 4.79 Å². The lowest BCUT2D eigenvalue weighted by molar-refractivity contribution is -0.123. The molecule has 0 aliphatic carbocycles. The summed E-state index contributed by atoms with van der Waals surface area (Å²) in [6, 6.07) is 4.03. The maximum Gasteiger partial charge on any atom is 0.257 e. The van der Waals surface area contributed by atoms with Gasteiger partial charge in [0.05, 0.1) is 12.5 Å². The number of ether oxygens (including phenoxy) is 1. The van der Waals surface area contributed by atoms with Gasteiger partial charge in [-0.25, -0.2) is 4.39 Å². The van der Waals surface area contributed by atoms with Crippen LogP contribution in [-0.4, -0.2) is 19.1 Å². The summed E-state index contributed by atoms with van der Waals surface area (Å²) < 4.78 is 31.4. The molecule has 0 aliphatic rings. The van der Waals surface area contributed by atoms with E-state index in [1.807, 2.05) is 6.07 Å². The monoisotopic (exact) mass is 318 g/mol. The molecule has 0 atom stereocenters. The second-order valence-corrected chi connectivity index (χ2v) is 4.16. The Morgan fingerprint density at radius 2 is 2.22 bits per heavy atom. The van der Waals surface area contributed by atoms with Crippen molar-refractivity contribution in [2.75, 3.05) is 13.2 Å². The van der Waals surface area contributed by atoms with Crippen molar-refractivity contribution in [2.24, 2.45) is 0 Å². The molecule has 7 heteroatoms. The van der Waals surface area contributed by atoms with E-state index < -0.39 is 24.1 Å². The molecule has 0 aliphatic heterocycles. The summed E-state index contributed by atoms with van der Waals surface area (Å²) in [6.07, 6.45) is 0.172. The van der Waals surface area contributed by atoms with Crippen LogP contribution in [0.4, 0.5) is 8.78 Å². The SMILES string of the molecule is N#CCCNC(=O)COc1cc(Br)cc(F)c1F. The number of benzene rings is 1. The van der Waals surface area contributed by atoms with E-state index in [-0.39, 0.29) is 18.7 Å². The fourth-order valence-corrected chi connectivity index (χ4v) is 1.50. The lowest BCUT2D eigenvalue weighted by atomic mass is 10.3. The van der Waals surface area contributed by atoms with Crippen molar-refractivity contribution >= 4 is 21.8 Å². The van der Waals surface area contributed by atoms with Crippen LogP contribution in [0.2, 0.25) is 0 Å². The molecular formula is C11H9BrF2N2O2. The molecule has 1 aromatic rings. The standard InChI is InChI=1S/C11H9BrF2N2O2/c12-7-4-8(13)11(14)9(5-7)18-6-10(17)16-3-1-2-15/h4-5H,1,3,6H2,(H,16,17). The molecule has 1 amide bonds. The molecule has 1 aromatic carbocycles. The van der Waals surface area contributed by atoms with Crippen LogP contribution in [0.1, 0.15) is 6.42 Å². The highest BCUT2D eigenvalue weighted by molar-refractivity contribution is 9.10. The average Bonchev–Trinajstić information content (AvgIpc) is 2.32. The quantitative estimate of drug-likeness (QED) is 0.668. The lowest BCUT2D eigenvalue weighted by Crippen LogP contribution is -2.29. The zero-order valence-corrected chi connectivity index (χ0v) is 10.8. The van der Waals surface area contributed by atoms with Gasteiger partial charge in [-0.15, -0.1) is 0 Å². The van der Waals surface area contributed by atoms with E-state index in [9.17, 15) is 13.6 Å². The fraction of sp³-hybridized carbons (Fsp3) is 0.273. The molecule has 0 unspecified atom stereocenters.